The Morgan fingerprint density at radius 1 is 1.18 bits per heavy atom. The van der Waals surface area contributed by atoms with Gasteiger partial charge in [0.1, 0.15) is 11.5 Å². The third-order valence-corrected chi connectivity index (χ3v) is 4.31. The lowest BCUT2D eigenvalue weighted by atomic mass is 9.67. The van der Waals surface area contributed by atoms with E-state index in [4.69, 9.17) is 4.74 Å². The second kappa shape index (κ2) is 4.17. The van der Waals surface area contributed by atoms with E-state index in [9.17, 15) is 4.79 Å². The molecule has 1 aromatic carbocycles. The Morgan fingerprint density at radius 2 is 2.06 bits per heavy atom. The van der Waals surface area contributed by atoms with Crippen LogP contribution in [0, 0.1) is 5.92 Å². The van der Waals surface area contributed by atoms with Gasteiger partial charge in [-0.05, 0) is 54.9 Å². The van der Waals surface area contributed by atoms with Crippen molar-refractivity contribution in [3.8, 4) is 5.75 Å². The second-order valence-corrected chi connectivity index (χ2v) is 5.17. The first-order valence-corrected chi connectivity index (χ1v) is 6.49. The highest BCUT2D eigenvalue weighted by Gasteiger charge is 2.36. The van der Waals surface area contributed by atoms with E-state index in [0.29, 0.717) is 11.7 Å². The minimum absolute atomic E-state index is 0.281. The van der Waals surface area contributed by atoms with Crippen LogP contribution in [0.2, 0.25) is 0 Å². The van der Waals surface area contributed by atoms with Gasteiger partial charge in [-0.25, -0.2) is 0 Å². The monoisotopic (exact) mass is 230 g/mol. The average molecular weight is 230 g/mol. The van der Waals surface area contributed by atoms with Crippen molar-refractivity contribution in [2.24, 2.45) is 5.92 Å². The van der Waals surface area contributed by atoms with E-state index in [0.717, 1.165) is 37.9 Å². The molecule has 2 aliphatic rings. The molecule has 0 amide bonds. The SMILES string of the molecule is COc1ccc2c(c1)C1CCCC(=O)C1CC2. The fourth-order valence-electron chi connectivity index (χ4n) is 3.43. The van der Waals surface area contributed by atoms with Crippen molar-refractivity contribution in [3.05, 3.63) is 29.3 Å². The molecule has 0 N–H and O–H groups in total. The van der Waals surface area contributed by atoms with E-state index in [1.807, 2.05) is 6.07 Å². The van der Waals surface area contributed by atoms with Gasteiger partial charge in [0.15, 0.2) is 0 Å². The molecule has 2 nitrogen and oxygen atoms in total. The number of carbonyl (C=O) groups excluding carboxylic acids is 1. The van der Waals surface area contributed by atoms with E-state index >= 15 is 0 Å². The zero-order valence-corrected chi connectivity index (χ0v) is 10.2. The van der Waals surface area contributed by atoms with Crippen molar-refractivity contribution in [3.63, 3.8) is 0 Å². The topological polar surface area (TPSA) is 26.3 Å². The number of aryl methyl sites for hydroxylation is 1. The van der Waals surface area contributed by atoms with Crippen LogP contribution in [0.3, 0.4) is 0 Å². The van der Waals surface area contributed by atoms with Crippen molar-refractivity contribution in [1.82, 2.24) is 0 Å². The summed E-state index contributed by atoms with van der Waals surface area (Å²) in [5.74, 6) is 2.13. The van der Waals surface area contributed by atoms with E-state index in [-0.39, 0.29) is 5.92 Å². The number of ether oxygens (including phenoxy) is 1. The van der Waals surface area contributed by atoms with Gasteiger partial charge in [-0.1, -0.05) is 6.07 Å². The molecule has 1 fully saturated rings. The van der Waals surface area contributed by atoms with Crippen molar-refractivity contribution < 1.29 is 9.53 Å². The molecule has 0 heterocycles. The molecular weight excluding hydrogens is 212 g/mol. The Kier molecular flexibility index (Phi) is 2.65. The number of hydrogen-bond acceptors (Lipinski definition) is 2. The van der Waals surface area contributed by atoms with Crippen LogP contribution in [0.1, 0.15) is 42.7 Å². The Labute approximate surface area is 102 Å². The highest BCUT2D eigenvalue weighted by Crippen LogP contribution is 2.44. The normalized spacial score (nSPS) is 27.2. The van der Waals surface area contributed by atoms with E-state index in [2.05, 4.69) is 12.1 Å². The predicted molar refractivity (Wildman–Crippen MR) is 66.4 cm³/mol. The molecule has 1 saturated carbocycles. The molecular formula is C15H18O2. The van der Waals surface area contributed by atoms with Gasteiger partial charge in [-0.3, -0.25) is 4.79 Å². The lowest BCUT2D eigenvalue weighted by Crippen LogP contribution is -2.31. The molecule has 2 unspecified atom stereocenters. The van der Waals surface area contributed by atoms with Gasteiger partial charge in [-0.2, -0.15) is 0 Å². The molecule has 90 valence electrons. The van der Waals surface area contributed by atoms with Crippen LogP contribution >= 0.6 is 0 Å². The summed E-state index contributed by atoms with van der Waals surface area (Å²) in [6, 6.07) is 6.35. The number of fused-ring (bicyclic) bond motifs is 3. The van der Waals surface area contributed by atoms with Crippen molar-refractivity contribution in [1.29, 1.82) is 0 Å². The highest BCUT2D eigenvalue weighted by molar-refractivity contribution is 5.83. The molecule has 0 radical (unpaired) electrons. The molecule has 0 saturated heterocycles. The Morgan fingerprint density at radius 3 is 2.88 bits per heavy atom. The van der Waals surface area contributed by atoms with E-state index < -0.39 is 0 Å². The maximum atomic E-state index is 12.0. The number of methoxy groups -OCH3 is 1. The molecule has 2 atom stereocenters. The lowest BCUT2D eigenvalue weighted by Gasteiger charge is -2.36. The van der Waals surface area contributed by atoms with Crippen molar-refractivity contribution >= 4 is 5.78 Å². The Hall–Kier alpha value is -1.31. The molecule has 0 aliphatic heterocycles. The molecule has 0 bridgehead atoms. The van der Waals surface area contributed by atoms with Gasteiger partial charge in [0.05, 0.1) is 7.11 Å². The fraction of sp³-hybridized carbons (Fsp3) is 0.533. The number of carbonyl (C=O) groups is 1. The summed E-state index contributed by atoms with van der Waals surface area (Å²) in [6.07, 6.45) is 5.10. The van der Waals surface area contributed by atoms with E-state index in [1.165, 1.54) is 11.1 Å². The Balaban J connectivity index is 2.01. The smallest absolute Gasteiger partial charge is 0.136 e. The molecule has 1 aromatic rings. The third kappa shape index (κ3) is 1.76. The lowest BCUT2D eigenvalue weighted by molar-refractivity contribution is -0.125. The first-order chi connectivity index (χ1) is 8.29. The van der Waals surface area contributed by atoms with Crippen molar-refractivity contribution in [2.45, 2.75) is 38.0 Å². The summed E-state index contributed by atoms with van der Waals surface area (Å²) in [6.45, 7) is 0. The van der Waals surface area contributed by atoms with Gasteiger partial charge in [0.25, 0.3) is 0 Å². The molecule has 0 spiro atoms. The van der Waals surface area contributed by atoms with Gasteiger partial charge in [0.2, 0.25) is 0 Å². The van der Waals surface area contributed by atoms with Crippen LogP contribution in [0.25, 0.3) is 0 Å². The number of ketones is 1. The van der Waals surface area contributed by atoms with Crippen LogP contribution in [0.15, 0.2) is 18.2 Å². The second-order valence-electron chi connectivity index (χ2n) is 5.17. The van der Waals surface area contributed by atoms with Gasteiger partial charge in [-0.15, -0.1) is 0 Å². The first-order valence-electron chi connectivity index (χ1n) is 6.49. The van der Waals surface area contributed by atoms with Crippen LogP contribution < -0.4 is 4.74 Å². The maximum absolute atomic E-state index is 12.0. The summed E-state index contributed by atoms with van der Waals surface area (Å²) >= 11 is 0. The maximum Gasteiger partial charge on any atom is 0.136 e. The third-order valence-electron chi connectivity index (χ3n) is 4.31. The Bertz CT molecular complexity index is 450. The summed E-state index contributed by atoms with van der Waals surface area (Å²) in [7, 11) is 1.70. The summed E-state index contributed by atoms with van der Waals surface area (Å²) in [5.41, 5.74) is 2.79. The summed E-state index contributed by atoms with van der Waals surface area (Å²) in [4.78, 5) is 12.0. The summed E-state index contributed by atoms with van der Waals surface area (Å²) in [5, 5.41) is 0. The van der Waals surface area contributed by atoms with Gasteiger partial charge >= 0.3 is 0 Å². The van der Waals surface area contributed by atoms with E-state index in [1.54, 1.807) is 7.11 Å². The summed E-state index contributed by atoms with van der Waals surface area (Å²) < 4.78 is 5.30. The van der Waals surface area contributed by atoms with Crippen LogP contribution in [-0.2, 0) is 11.2 Å². The number of hydrogen-bond donors (Lipinski definition) is 0. The molecule has 0 aromatic heterocycles. The number of Topliss-reactive ketones (excluding diaryl/α,β-unsaturated/α-hetero) is 1. The largest absolute Gasteiger partial charge is 0.497 e. The zero-order chi connectivity index (χ0) is 11.8. The standard InChI is InChI=1S/C15H18O2/c1-17-11-7-5-10-6-8-13-12(14(10)9-11)3-2-4-15(13)16/h5,7,9,12-13H,2-4,6,8H2,1H3. The van der Waals surface area contributed by atoms with Crippen LogP contribution in [0.5, 0.6) is 5.75 Å². The highest BCUT2D eigenvalue weighted by atomic mass is 16.5. The van der Waals surface area contributed by atoms with Crippen LogP contribution in [-0.4, -0.2) is 12.9 Å². The molecule has 2 heteroatoms. The van der Waals surface area contributed by atoms with Gasteiger partial charge < -0.3 is 4.74 Å². The fourth-order valence-corrected chi connectivity index (χ4v) is 3.43. The minimum Gasteiger partial charge on any atom is -0.497 e. The molecule has 17 heavy (non-hydrogen) atoms. The molecule has 2 aliphatic carbocycles. The zero-order valence-electron chi connectivity index (χ0n) is 10.2. The minimum atomic E-state index is 0.281. The molecule has 3 rings (SSSR count). The quantitative estimate of drug-likeness (QED) is 0.741. The number of benzene rings is 1. The number of rotatable bonds is 1. The van der Waals surface area contributed by atoms with Crippen molar-refractivity contribution in [2.75, 3.05) is 7.11 Å². The first kappa shape index (κ1) is 10.8. The van der Waals surface area contributed by atoms with Crippen LogP contribution in [0.4, 0.5) is 0 Å². The average Bonchev–Trinajstić information content (AvgIpc) is 2.38. The predicted octanol–water partition coefficient (Wildman–Crippen LogP) is 3.09. The van der Waals surface area contributed by atoms with Gasteiger partial charge in [0, 0.05) is 12.3 Å².